The van der Waals surface area contributed by atoms with Crippen LogP contribution in [0.1, 0.15) is 24.5 Å². The molecule has 0 radical (unpaired) electrons. The summed E-state index contributed by atoms with van der Waals surface area (Å²) in [6.45, 7) is 0. The van der Waals surface area contributed by atoms with Crippen LogP contribution >= 0.6 is 23.2 Å². The number of aliphatic hydroxyl groups excluding tert-OH is 1. The molecule has 1 fully saturated rings. The first-order valence-corrected chi connectivity index (χ1v) is 5.60. The molecule has 1 aliphatic carbocycles. The third-order valence-electron chi connectivity index (χ3n) is 2.63. The average molecular weight is 247 g/mol. The Morgan fingerprint density at radius 3 is 2.27 bits per heavy atom. The summed E-state index contributed by atoms with van der Waals surface area (Å²) in [6, 6.07) is 3.44. The van der Waals surface area contributed by atoms with E-state index in [2.05, 4.69) is 0 Å². The second kappa shape index (κ2) is 4.20. The molecule has 2 nitrogen and oxygen atoms in total. The molecule has 1 aromatic carbocycles. The van der Waals surface area contributed by atoms with Gasteiger partial charge >= 0.3 is 0 Å². The smallest absolute Gasteiger partial charge is 0.156 e. The van der Waals surface area contributed by atoms with Crippen LogP contribution in [0.5, 0.6) is 5.75 Å². The van der Waals surface area contributed by atoms with Crippen molar-refractivity contribution in [2.24, 2.45) is 5.92 Å². The van der Waals surface area contributed by atoms with Crippen molar-refractivity contribution >= 4 is 23.2 Å². The van der Waals surface area contributed by atoms with E-state index < -0.39 is 6.10 Å². The molecule has 15 heavy (non-hydrogen) atoms. The summed E-state index contributed by atoms with van der Waals surface area (Å²) in [5.74, 6) is 0.829. The molecule has 1 unspecified atom stereocenters. The van der Waals surface area contributed by atoms with Gasteiger partial charge in [-0.1, -0.05) is 23.2 Å². The Morgan fingerprint density at radius 2 is 1.87 bits per heavy atom. The van der Waals surface area contributed by atoms with E-state index in [-0.39, 0.29) is 0 Å². The van der Waals surface area contributed by atoms with Crippen LogP contribution in [0.15, 0.2) is 12.1 Å². The highest BCUT2D eigenvalue weighted by atomic mass is 35.5. The minimum atomic E-state index is -0.453. The molecule has 1 aromatic rings. The van der Waals surface area contributed by atoms with Gasteiger partial charge in [-0.15, -0.1) is 0 Å². The summed E-state index contributed by atoms with van der Waals surface area (Å²) >= 11 is 12.0. The molecule has 1 atom stereocenters. The standard InChI is InChI=1S/C11H12Cl2O2/c1-15-11-8(12)4-7(5-9(11)13)10(14)6-2-3-6/h4-6,10,14H,2-3H2,1H3. The molecule has 0 aliphatic heterocycles. The van der Waals surface area contributed by atoms with Crippen LogP contribution in [0.3, 0.4) is 0 Å². The quantitative estimate of drug-likeness (QED) is 0.886. The van der Waals surface area contributed by atoms with E-state index in [4.69, 9.17) is 27.9 Å². The largest absolute Gasteiger partial charge is 0.494 e. The zero-order valence-corrected chi connectivity index (χ0v) is 9.85. The Bertz CT molecular complexity index is 352. The Kier molecular flexibility index (Phi) is 3.10. The van der Waals surface area contributed by atoms with Crippen molar-refractivity contribution in [3.8, 4) is 5.75 Å². The minimum Gasteiger partial charge on any atom is -0.494 e. The number of benzene rings is 1. The Labute approximate surface area is 98.8 Å². The van der Waals surface area contributed by atoms with Crippen molar-refractivity contribution < 1.29 is 9.84 Å². The third kappa shape index (κ3) is 2.22. The lowest BCUT2D eigenvalue weighted by atomic mass is 10.1. The zero-order chi connectivity index (χ0) is 11.0. The fraction of sp³-hybridized carbons (Fsp3) is 0.455. The lowest BCUT2D eigenvalue weighted by Crippen LogP contribution is -2.00. The summed E-state index contributed by atoms with van der Waals surface area (Å²) in [4.78, 5) is 0. The maximum atomic E-state index is 9.91. The normalized spacial score (nSPS) is 17.6. The number of ether oxygens (including phenoxy) is 1. The second-order valence-corrected chi connectivity index (χ2v) is 4.61. The van der Waals surface area contributed by atoms with Gasteiger partial charge in [0.1, 0.15) is 0 Å². The third-order valence-corrected chi connectivity index (χ3v) is 3.20. The van der Waals surface area contributed by atoms with E-state index in [9.17, 15) is 5.11 Å². The summed E-state index contributed by atoms with van der Waals surface area (Å²) in [6.07, 6.45) is 1.69. The van der Waals surface area contributed by atoms with Crippen LogP contribution in [0.25, 0.3) is 0 Å². The molecular weight excluding hydrogens is 235 g/mol. The highest BCUT2D eigenvalue weighted by Gasteiger charge is 2.31. The minimum absolute atomic E-state index is 0.366. The van der Waals surface area contributed by atoms with Crippen LogP contribution in [0, 0.1) is 5.92 Å². The highest BCUT2D eigenvalue weighted by Crippen LogP contribution is 2.43. The molecule has 0 spiro atoms. The van der Waals surface area contributed by atoms with Gasteiger partial charge in [0.05, 0.1) is 23.3 Å². The zero-order valence-electron chi connectivity index (χ0n) is 8.34. The summed E-state index contributed by atoms with van der Waals surface area (Å²) in [5, 5.41) is 10.8. The van der Waals surface area contributed by atoms with Gasteiger partial charge in [-0.3, -0.25) is 0 Å². The second-order valence-electron chi connectivity index (χ2n) is 3.80. The fourth-order valence-electron chi connectivity index (χ4n) is 1.63. The van der Waals surface area contributed by atoms with E-state index in [1.165, 1.54) is 7.11 Å². The van der Waals surface area contributed by atoms with E-state index in [0.29, 0.717) is 21.7 Å². The molecule has 0 heterocycles. The van der Waals surface area contributed by atoms with Crippen molar-refractivity contribution in [1.29, 1.82) is 0 Å². The fourth-order valence-corrected chi connectivity index (χ4v) is 2.29. The summed E-state index contributed by atoms with van der Waals surface area (Å²) < 4.78 is 5.04. The molecular formula is C11H12Cl2O2. The van der Waals surface area contributed by atoms with Gasteiger partial charge in [0.15, 0.2) is 5.75 Å². The van der Waals surface area contributed by atoms with Crippen LogP contribution < -0.4 is 4.74 Å². The maximum Gasteiger partial charge on any atom is 0.156 e. The number of rotatable bonds is 3. The van der Waals surface area contributed by atoms with Gasteiger partial charge in [-0.05, 0) is 36.5 Å². The SMILES string of the molecule is COc1c(Cl)cc(C(O)C2CC2)cc1Cl. The average Bonchev–Trinajstić information content (AvgIpc) is 2.99. The topological polar surface area (TPSA) is 29.5 Å². The van der Waals surface area contributed by atoms with Crippen molar-refractivity contribution in [1.82, 2.24) is 0 Å². The lowest BCUT2D eigenvalue weighted by Gasteiger charge is -2.13. The van der Waals surface area contributed by atoms with Crippen molar-refractivity contribution in [3.63, 3.8) is 0 Å². The molecule has 0 aromatic heterocycles. The molecule has 82 valence electrons. The number of methoxy groups -OCH3 is 1. The molecule has 0 bridgehead atoms. The van der Waals surface area contributed by atoms with Gasteiger partial charge in [0.25, 0.3) is 0 Å². The first kappa shape index (κ1) is 11.1. The Morgan fingerprint density at radius 1 is 1.33 bits per heavy atom. The predicted octanol–water partition coefficient (Wildman–Crippen LogP) is 3.45. The van der Waals surface area contributed by atoms with Crippen LogP contribution in [-0.2, 0) is 0 Å². The van der Waals surface area contributed by atoms with Crippen molar-refractivity contribution in [2.75, 3.05) is 7.11 Å². The van der Waals surface area contributed by atoms with E-state index >= 15 is 0 Å². The molecule has 1 aliphatic rings. The number of hydrogen-bond acceptors (Lipinski definition) is 2. The number of aliphatic hydroxyl groups is 1. The van der Waals surface area contributed by atoms with E-state index in [1.807, 2.05) is 0 Å². The summed E-state index contributed by atoms with van der Waals surface area (Å²) in [5.41, 5.74) is 0.772. The molecule has 1 N–H and O–H groups in total. The first-order chi connectivity index (χ1) is 7.13. The first-order valence-electron chi connectivity index (χ1n) is 4.84. The van der Waals surface area contributed by atoms with Crippen molar-refractivity contribution in [3.05, 3.63) is 27.7 Å². The van der Waals surface area contributed by atoms with Crippen LogP contribution in [0.4, 0.5) is 0 Å². The van der Waals surface area contributed by atoms with Gasteiger partial charge in [0.2, 0.25) is 0 Å². The molecule has 0 saturated heterocycles. The Hall–Kier alpha value is -0.440. The Balaban J connectivity index is 2.33. The molecule has 0 amide bonds. The van der Waals surface area contributed by atoms with Crippen molar-refractivity contribution in [2.45, 2.75) is 18.9 Å². The van der Waals surface area contributed by atoms with Gasteiger partial charge in [0, 0.05) is 0 Å². The number of halogens is 2. The molecule has 4 heteroatoms. The molecule has 1 saturated carbocycles. The van der Waals surface area contributed by atoms with Crippen LogP contribution in [-0.4, -0.2) is 12.2 Å². The van der Waals surface area contributed by atoms with Gasteiger partial charge in [-0.2, -0.15) is 0 Å². The highest BCUT2D eigenvalue weighted by molar-refractivity contribution is 6.37. The lowest BCUT2D eigenvalue weighted by molar-refractivity contribution is 0.154. The summed E-state index contributed by atoms with van der Waals surface area (Å²) in [7, 11) is 1.52. The maximum absolute atomic E-state index is 9.91. The van der Waals surface area contributed by atoms with Crippen LogP contribution in [0.2, 0.25) is 10.0 Å². The predicted molar refractivity (Wildman–Crippen MR) is 60.7 cm³/mol. The van der Waals surface area contributed by atoms with Gasteiger partial charge in [-0.25, -0.2) is 0 Å². The van der Waals surface area contributed by atoms with Gasteiger partial charge < -0.3 is 9.84 Å². The van der Waals surface area contributed by atoms with E-state index in [0.717, 1.165) is 18.4 Å². The number of hydrogen-bond donors (Lipinski definition) is 1. The monoisotopic (exact) mass is 246 g/mol. The van der Waals surface area contributed by atoms with E-state index in [1.54, 1.807) is 12.1 Å². The molecule has 2 rings (SSSR count).